The van der Waals surface area contributed by atoms with Crippen molar-refractivity contribution in [3.05, 3.63) is 54.0 Å². The van der Waals surface area contributed by atoms with Gasteiger partial charge in [0.05, 0.1) is 25.1 Å². The van der Waals surface area contributed by atoms with Crippen LogP contribution in [-0.2, 0) is 27.1 Å². The molecule has 0 spiro atoms. The molecule has 0 saturated carbocycles. The van der Waals surface area contributed by atoms with Crippen molar-refractivity contribution in [3.8, 4) is 17.2 Å². The van der Waals surface area contributed by atoms with Crippen LogP contribution in [0.3, 0.4) is 0 Å². The molecule has 2 unspecified atom stereocenters. The van der Waals surface area contributed by atoms with Crippen molar-refractivity contribution >= 4 is 8.07 Å². The van der Waals surface area contributed by atoms with E-state index in [0.717, 1.165) is 62.4 Å². The summed E-state index contributed by atoms with van der Waals surface area (Å²) in [5.74, 6) is 8.28. The topological polar surface area (TPSA) is 61.1 Å². The Morgan fingerprint density at radius 3 is 1.77 bits per heavy atom. The van der Waals surface area contributed by atoms with E-state index in [-0.39, 0.29) is 0 Å². The summed E-state index contributed by atoms with van der Waals surface area (Å²) in [5.41, 5.74) is 4.63. The third-order valence-electron chi connectivity index (χ3n) is 6.93. The molecule has 0 radical (unpaired) electrons. The Morgan fingerprint density at radius 2 is 1.35 bits per heavy atom. The number of hydrogen-bond acceptors (Lipinski definition) is 5. The van der Waals surface area contributed by atoms with E-state index < -0.39 is 8.07 Å². The van der Waals surface area contributed by atoms with Crippen molar-refractivity contribution in [1.29, 1.82) is 0 Å². The molecule has 4 rings (SSSR count). The molecule has 6 heteroatoms. The maximum atomic E-state index is 8.99. The van der Waals surface area contributed by atoms with E-state index in [4.69, 9.17) is 23.7 Å². The van der Waals surface area contributed by atoms with Gasteiger partial charge < -0.3 is 23.7 Å². The minimum Gasteiger partial charge on any atom is -0.508 e. The second-order valence-corrected chi connectivity index (χ2v) is 21.0. The van der Waals surface area contributed by atoms with Gasteiger partial charge in [-0.1, -0.05) is 101 Å². The average molecular weight is 687 g/mol. The molecule has 0 aliphatic carbocycles. The second-order valence-electron chi connectivity index (χ2n) is 16.3. The zero-order valence-electron chi connectivity index (χ0n) is 33.2. The molecular weight excluding hydrogens is 613 g/mol. The Balaban J connectivity index is 0.000000576. The summed E-state index contributed by atoms with van der Waals surface area (Å²) in [6.45, 7) is 31.2. The van der Waals surface area contributed by atoms with Crippen molar-refractivity contribution in [2.45, 2.75) is 146 Å². The first-order chi connectivity index (χ1) is 22.5. The molecule has 1 aromatic heterocycles. The molecule has 2 aliphatic rings. The minimum atomic E-state index is -1.09. The van der Waals surface area contributed by atoms with Gasteiger partial charge in [0.2, 0.25) is 0 Å². The van der Waals surface area contributed by atoms with Crippen molar-refractivity contribution < 1.29 is 23.7 Å². The summed E-state index contributed by atoms with van der Waals surface area (Å²) < 4.78 is 20.9. The summed E-state index contributed by atoms with van der Waals surface area (Å²) in [6, 6.07) is 11.3. The van der Waals surface area contributed by atoms with Crippen LogP contribution in [0.15, 0.2) is 47.1 Å². The van der Waals surface area contributed by atoms with Gasteiger partial charge in [-0.15, -0.1) is 11.5 Å². The lowest BCUT2D eigenvalue weighted by molar-refractivity contribution is 0.0414. The Morgan fingerprint density at radius 1 is 0.750 bits per heavy atom. The lowest BCUT2D eigenvalue weighted by Crippen LogP contribution is -2.16. The van der Waals surface area contributed by atoms with E-state index in [0.29, 0.717) is 36.6 Å². The Bertz CT molecular complexity index is 1020. The molecular formula is C42H74O5Si. The maximum Gasteiger partial charge on any atom is 0.147 e. The van der Waals surface area contributed by atoms with Gasteiger partial charge in [-0.3, -0.25) is 0 Å². The van der Waals surface area contributed by atoms with Crippen LogP contribution in [-0.4, -0.2) is 45.4 Å². The fraction of sp³-hybridized carbons (Fsp3) is 0.714. The van der Waals surface area contributed by atoms with E-state index in [2.05, 4.69) is 100 Å². The molecule has 0 amide bonds. The van der Waals surface area contributed by atoms with Crippen molar-refractivity contribution in [1.82, 2.24) is 0 Å². The number of hydrogen-bond donors (Lipinski definition) is 1. The number of ether oxygens (including phenoxy) is 3. The van der Waals surface area contributed by atoms with E-state index >= 15 is 0 Å². The molecule has 2 aromatic rings. The van der Waals surface area contributed by atoms with Crippen LogP contribution in [0.25, 0.3) is 0 Å². The number of benzene rings is 1. The SMILES string of the molecule is CC(C)CC#C[Si](C)(C)C.CC(C)CC1CCCO1.CC(C)CC1COCO1.CC(C)Cc1ccc(O)cc1.CC(C)Cc1ccco1. The van der Waals surface area contributed by atoms with Crippen molar-refractivity contribution in [2.24, 2.45) is 29.6 Å². The molecule has 1 N–H and O–H groups in total. The largest absolute Gasteiger partial charge is 0.508 e. The fourth-order valence-corrected chi connectivity index (χ4v) is 5.48. The maximum absolute atomic E-state index is 8.99. The third-order valence-corrected chi connectivity index (χ3v) is 7.85. The summed E-state index contributed by atoms with van der Waals surface area (Å²) in [6.07, 6.45) is 10.8. The molecule has 3 heterocycles. The van der Waals surface area contributed by atoms with E-state index in [1.165, 1.54) is 24.8 Å². The van der Waals surface area contributed by atoms with E-state index in [9.17, 15) is 0 Å². The molecule has 2 fully saturated rings. The third kappa shape index (κ3) is 30.0. The molecule has 2 aliphatic heterocycles. The van der Waals surface area contributed by atoms with E-state index in [1.54, 1.807) is 18.4 Å². The molecule has 2 saturated heterocycles. The number of phenolic OH excluding ortho intramolecular Hbond substituents is 1. The Kier molecular flexibility index (Phi) is 25.6. The number of aromatic hydroxyl groups is 1. The lowest BCUT2D eigenvalue weighted by atomic mass is 10.0. The highest BCUT2D eigenvalue weighted by atomic mass is 28.3. The van der Waals surface area contributed by atoms with Gasteiger partial charge in [0, 0.05) is 19.4 Å². The predicted molar refractivity (Wildman–Crippen MR) is 208 cm³/mol. The van der Waals surface area contributed by atoms with Gasteiger partial charge in [-0.05, 0) is 91.5 Å². The van der Waals surface area contributed by atoms with Gasteiger partial charge in [0.15, 0.2) is 0 Å². The molecule has 5 nitrogen and oxygen atoms in total. The van der Waals surface area contributed by atoms with Gasteiger partial charge in [0.25, 0.3) is 0 Å². The number of phenols is 1. The van der Waals surface area contributed by atoms with Gasteiger partial charge in [-0.25, -0.2) is 0 Å². The number of rotatable bonds is 9. The normalized spacial score (nSPS) is 17.0. The van der Waals surface area contributed by atoms with Crippen LogP contribution in [0.1, 0.15) is 113 Å². The van der Waals surface area contributed by atoms with Crippen molar-refractivity contribution in [2.75, 3.05) is 20.0 Å². The van der Waals surface area contributed by atoms with Crippen LogP contribution < -0.4 is 0 Å². The number of furan rings is 1. The summed E-state index contributed by atoms with van der Waals surface area (Å²) >= 11 is 0. The zero-order valence-corrected chi connectivity index (χ0v) is 34.2. The average Bonchev–Trinajstić information content (AvgIpc) is 3.75. The fourth-order valence-electron chi connectivity index (χ4n) is 4.84. The molecule has 276 valence electrons. The lowest BCUT2D eigenvalue weighted by Gasteiger charge is -2.10. The Hall–Kier alpha value is -2.04. The second kappa shape index (κ2) is 26.8. The molecule has 0 bridgehead atoms. The highest BCUT2D eigenvalue weighted by Crippen LogP contribution is 2.19. The van der Waals surface area contributed by atoms with Crippen LogP contribution in [0.5, 0.6) is 5.75 Å². The van der Waals surface area contributed by atoms with Crippen LogP contribution >= 0.6 is 0 Å². The van der Waals surface area contributed by atoms with Gasteiger partial charge in [-0.2, -0.15) is 0 Å². The standard InChI is InChI=1S/C10H14O.C9H18Si.C8H16O.C8H12O.C7H14O2/c1-8(2)7-9-3-5-10(11)6-4-9;1-9(2)7-6-8-10(3,4)5;2*1-7(2)6-8-4-3-5-9-8;1-6(2)3-7-4-8-5-9-7/h3-6,8,11H,7H2,1-2H3;9H,7H2,1-5H3;7-8H,3-6H2,1-2H3;3-5,7H,6H2,1-2H3;6-7H,3-5H2,1-2H3. The zero-order chi connectivity index (χ0) is 36.5. The summed E-state index contributed by atoms with van der Waals surface area (Å²) in [5, 5.41) is 8.99. The van der Waals surface area contributed by atoms with E-state index in [1.807, 2.05) is 24.3 Å². The highest BCUT2D eigenvalue weighted by molar-refractivity contribution is 6.83. The highest BCUT2D eigenvalue weighted by Gasteiger charge is 2.17. The first kappa shape index (κ1) is 46.0. The van der Waals surface area contributed by atoms with Crippen molar-refractivity contribution in [3.63, 3.8) is 0 Å². The summed E-state index contributed by atoms with van der Waals surface area (Å²) in [7, 11) is -1.09. The van der Waals surface area contributed by atoms with Crippen LogP contribution in [0.2, 0.25) is 19.6 Å². The molecule has 48 heavy (non-hydrogen) atoms. The van der Waals surface area contributed by atoms with Crippen LogP contribution in [0.4, 0.5) is 0 Å². The van der Waals surface area contributed by atoms with Gasteiger partial charge >= 0.3 is 0 Å². The first-order valence-electron chi connectivity index (χ1n) is 18.6. The van der Waals surface area contributed by atoms with Crippen LogP contribution in [0, 0.1) is 41.1 Å². The quantitative estimate of drug-likeness (QED) is 0.210. The first-order valence-corrected chi connectivity index (χ1v) is 22.1. The Labute approximate surface area is 297 Å². The molecule has 1 aromatic carbocycles. The van der Waals surface area contributed by atoms with Gasteiger partial charge in [0.1, 0.15) is 26.4 Å². The molecule has 2 atom stereocenters. The monoisotopic (exact) mass is 687 g/mol. The predicted octanol–water partition coefficient (Wildman–Crippen LogP) is 11.6. The summed E-state index contributed by atoms with van der Waals surface area (Å²) in [4.78, 5) is 0. The smallest absolute Gasteiger partial charge is 0.147 e. The minimum absolute atomic E-state index is 0.345.